The summed E-state index contributed by atoms with van der Waals surface area (Å²) in [6.07, 6.45) is 4.23. The average Bonchev–Trinajstić information content (AvgIpc) is 3.36. The molecule has 4 heterocycles. The van der Waals surface area contributed by atoms with E-state index in [9.17, 15) is 8.42 Å². The third kappa shape index (κ3) is 3.93. The fourth-order valence-electron chi connectivity index (χ4n) is 5.00. The molecule has 0 amide bonds. The maximum atomic E-state index is 13.4. The molecule has 1 spiro atoms. The fraction of sp³-hybridized carbons (Fsp3) is 0.524. The Hall–Kier alpha value is -1.39. The Morgan fingerprint density at radius 1 is 1.13 bits per heavy atom. The largest absolute Gasteiger partial charge is 0.297 e. The zero-order valence-corrected chi connectivity index (χ0v) is 19.5. The molecule has 2 fully saturated rings. The van der Waals surface area contributed by atoms with Crippen molar-refractivity contribution in [3.63, 3.8) is 0 Å². The number of nitrogens with zero attached hydrogens (tertiary/aromatic N) is 4. The predicted octanol–water partition coefficient (Wildman–Crippen LogP) is 4.13. The van der Waals surface area contributed by atoms with E-state index in [-0.39, 0.29) is 5.41 Å². The summed E-state index contributed by atoms with van der Waals surface area (Å²) < 4.78 is 29.5. The van der Waals surface area contributed by atoms with Crippen LogP contribution in [0.3, 0.4) is 0 Å². The summed E-state index contributed by atoms with van der Waals surface area (Å²) in [7, 11) is -3.50. The second kappa shape index (κ2) is 7.94. The molecular weight excluding hydrogens is 436 g/mol. The van der Waals surface area contributed by atoms with Gasteiger partial charge in [-0.15, -0.1) is 22.7 Å². The molecular formula is C21H26N4O2S3. The van der Waals surface area contributed by atoms with E-state index in [1.807, 2.05) is 13.0 Å². The van der Waals surface area contributed by atoms with Gasteiger partial charge >= 0.3 is 0 Å². The summed E-state index contributed by atoms with van der Waals surface area (Å²) in [4.78, 5) is 11.7. The Morgan fingerprint density at radius 3 is 2.77 bits per heavy atom. The standard InChI is InChI=1S/C21H26N4O2S3/c1-16-23-17(12-28-16)11-24-8-2-6-21(13-24)7-3-9-25(14-21)30(26,27)18-4-5-19-20(10-18)29-15-22-19/h4-5,10,12,15H,2-3,6-9,11,13-14H2,1H3. The van der Waals surface area contributed by atoms with E-state index < -0.39 is 10.0 Å². The van der Waals surface area contributed by atoms with Gasteiger partial charge in [-0.2, -0.15) is 4.31 Å². The molecule has 160 valence electrons. The molecule has 6 nitrogen and oxygen atoms in total. The number of likely N-dealkylation sites (tertiary alicyclic amines) is 1. The molecule has 3 aromatic rings. The molecule has 2 saturated heterocycles. The lowest BCUT2D eigenvalue weighted by molar-refractivity contribution is 0.0357. The molecule has 2 aliphatic rings. The molecule has 5 rings (SSSR count). The molecule has 1 unspecified atom stereocenters. The lowest BCUT2D eigenvalue weighted by Crippen LogP contribution is -2.53. The molecule has 0 N–H and O–H groups in total. The SMILES string of the molecule is Cc1nc(CN2CCCC3(CCCN(S(=O)(=O)c4ccc5ncsc5c4)C3)C2)cs1. The van der Waals surface area contributed by atoms with Gasteiger partial charge in [-0.1, -0.05) is 0 Å². The number of fused-ring (bicyclic) bond motifs is 1. The van der Waals surface area contributed by atoms with Gasteiger partial charge in [0.15, 0.2) is 0 Å². The van der Waals surface area contributed by atoms with E-state index in [0.29, 0.717) is 18.0 Å². The van der Waals surface area contributed by atoms with E-state index in [0.717, 1.165) is 66.2 Å². The van der Waals surface area contributed by atoms with Gasteiger partial charge < -0.3 is 0 Å². The minimum Gasteiger partial charge on any atom is -0.297 e. The van der Waals surface area contributed by atoms with Crippen LogP contribution in [0, 0.1) is 12.3 Å². The van der Waals surface area contributed by atoms with E-state index in [1.54, 1.807) is 33.3 Å². The normalized spacial score (nSPS) is 24.0. The van der Waals surface area contributed by atoms with Crippen molar-refractivity contribution in [2.45, 2.75) is 44.0 Å². The lowest BCUT2D eigenvalue weighted by Gasteiger charge is -2.48. The highest BCUT2D eigenvalue weighted by Crippen LogP contribution is 2.40. The second-order valence-corrected chi connectivity index (χ2v) is 12.5. The highest BCUT2D eigenvalue weighted by atomic mass is 32.2. The van der Waals surface area contributed by atoms with Crippen molar-refractivity contribution in [1.29, 1.82) is 0 Å². The van der Waals surface area contributed by atoms with E-state index in [2.05, 4.69) is 20.2 Å². The quantitative estimate of drug-likeness (QED) is 0.583. The van der Waals surface area contributed by atoms with Crippen LogP contribution in [0.4, 0.5) is 0 Å². The van der Waals surface area contributed by atoms with Crippen molar-refractivity contribution in [2.75, 3.05) is 26.2 Å². The van der Waals surface area contributed by atoms with Crippen LogP contribution >= 0.6 is 22.7 Å². The third-order valence-electron chi connectivity index (χ3n) is 6.36. The maximum Gasteiger partial charge on any atom is 0.243 e. The van der Waals surface area contributed by atoms with E-state index >= 15 is 0 Å². The third-order valence-corrected chi connectivity index (χ3v) is 9.81. The highest BCUT2D eigenvalue weighted by molar-refractivity contribution is 7.89. The predicted molar refractivity (Wildman–Crippen MR) is 121 cm³/mol. The number of aryl methyl sites for hydroxylation is 1. The summed E-state index contributed by atoms with van der Waals surface area (Å²) in [5.74, 6) is 0. The van der Waals surface area contributed by atoms with Crippen molar-refractivity contribution >= 4 is 42.9 Å². The average molecular weight is 463 g/mol. The van der Waals surface area contributed by atoms with Crippen LogP contribution in [0.2, 0.25) is 0 Å². The first-order chi connectivity index (χ1) is 14.4. The first kappa shape index (κ1) is 20.5. The number of hydrogen-bond donors (Lipinski definition) is 0. The van der Waals surface area contributed by atoms with Crippen LogP contribution in [0.25, 0.3) is 10.2 Å². The first-order valence-corrected chi connectivity index (χ1v) is 13.6. The molecule has 0 aliphatic carbocycles. The fourth-order valence-corrected chi connectivity index (χ4v) is 8.01. The van der Waals surface area contributed by atoms with Gasteiger partial charge in [0.05, 0.1) is 31.3 Å². The van der Waals surface area contributed by atoms with Gasteiger partial charge in [-0.3, -0.25) is 4.90 Å². The molecule has 9 heteroatoms. The monoisotopic (exact) mass is 462 g/mol. The number of hydrogen-bond acceptors (Lipinski definition) is 7. The summed E-state index contributed by atoms with van der Waals surface area (Å²) in [5, 5.41) is 3.24. The smallest absolute Gasteiger partial charge is 0.243 e. The maximum absolute atomic E-state index is 13.4. The van der Waals surface area contributed by atoms with Crippen LogP contribution < -0.4 is 0 Å². The van der Waals surface area contributed by atoms with Gasteiger partial charge in [0.2, 0.25) is 10.0 Å². The Balaban J connectivity index is 1.35. The van der Waals surface area contributed by atoms with Gasteiger partial charge in [-0.25, -0.2) is 18.4 Å². The minimum absolute atomic E-state index is 0.0449. The highest BCUT2D eigenvalue weighted by Gasteiger charge is 2.42. The van der Waals surface area contributed by atoms with Crippen LogP contribution in [-0.4, -0.2) is 53.8 Å². The number of thiazole rings is 2. The molecule has 30 heavy (non-hydrogen) atoms. The Bertz CT molecular complexity index is 1150. The topological polar surface area (TPSA) is 66.4 Å². The number of aromatic nitrogens is 2. The molecule has 2 aromatic heterocycles. The molecule has 0 saturated carbocycles. The van der Waals surface area contributed by atoms with Gasteiger partial charge in [0, 0.05) is 31.6 Å². The summed E-state index contributed by atoms with van der Waals surface area (Å²) in [6.45, 7) is 6.13. The molecule has 0 bridgehead atoms. The Morgan fingerprint density at radius 2 is 1.97 bits per heavy atom. The van der Waals surface area contributed by atoms with Gasteiger partial charge in [0.1, 0.15) is 0 Å². The molecule has 0 radical (unpaired) electrons. The Labute approximate surface area is 185 Å². The van der Waals surface area contributed by atoms with Crippen LogP contribution in [0.15, 0.2) is 34.0 Å². The van der Waals surface area contributed by atoms with Gasteiger partial charge in [0.25, 0.3) is 0 Å². The second-order valence-electron chi connectivity index (χ2n) is 8.60. The minimum atomic E-state index is -3.50. The summed E-state index contributed by atoms with van der Waals surface area (Å²) in [6, 6.07) is 5.30. The zero-order valence-electron chi connectivity index (χ0n) is 17.1. The number of rotatable bonds is 4. The molecule has 1 atom stereocenters. The number of benzene rings is 1. The first-order valence-electron chi connectivity index (χ1n) is 10.4. The van der Waals surface area contributed by atoms with E-state index in [4.69, 9.17) is 0 Å². The summed E-state index contributed by atoms with van der Waals surface area (Å²) >= 11 is 3.18. The van der Waals surface area contributed by atoms with Crippen molar-refractivity contribution in [2.24, 2.45) is 5.41 Å². The molecule has 2 aliphatic heterocycles. The van der Waals surface area contributed by atoms with Crippen molar-refractivity contribution in [1.82, 2.24) is 19.2 Å². The van der Waals surface area contributed by atoms with Gasteiger partial charge in [-0.05, 0) is 62.8 Å². The van der Waals surface area contributed by atoms with Crippen molar-refractivity contribution in [3.05, 3.63) is 39.8 Å². The van der Waals surface area contributed by atoms with Crippen molar-refractivity contribution in [3.8, 4) is 0 Å². The van der Waals surface area contributed by atoms with Crippen molar-refractivity contribution < 1.29 is 8.42 Å². The lowest BCUT2D eigenvalue weighted by atomic mass is 9.74. The number of piperidine rings is 2. The number of sulfonamides is 1. The molecule has 1 aromatic carbocycles. The zero-order chi connectivity index (χ0) is 20.8. The Kier molecular flexibility index (Phi) is 5.43. The van der Waals surface area contributed by atoms with Crippen LogP contribution in [0.5, 0.6) is 0 Å². The summed E-state index contributed by atoms with van der Waals surface area (Å²) in [5.41, 5.74) is 3.79. The van der Waals surface area contributed by atoms with Crippen LogP contribution in [-0.2, 0) is 16.6 Å². The van der Waals surface area contributed by atoms with E-state index in [1.165, 1.54) is 11.3 Å². The van der Waals surface area contributed by atoms with Crippen LogP contribution in [0.1, 0.15) is 36.4 Å².